The van der Waals surface area contributed by atoms with Crippen LogP contribution in [0, 0.1) is 0 Å². The minimum absolute atomic E-state index is 0.0498. The first-order valence-corrected chi connectivity index (χ1v) is 9.62. The fourth-order valence-corrected chi connectivity index (χ4v) is 3.07. The highest BCUT2D eigenvalue weighted by molar-refractivity contribution is 5.92. The maximum atomic E-state index is 12.8. The van der Waals surface area contributed by atoms with E-state index in [-0.39, 0.29) is 17.9 Å². The number of amides is 2. The molecule has 0 heterocycles. The zero-order valence-electron chi connectivity index (χ0n) is 16.8. The Labute approximate surface area is 162 Å². The summed E-state index contributed by atoms with van der Waals surface area (Å²) in [5.74, 6) is 0.0106. The molecular formula is C23H30N2O2. The van der Waals surface area contributed by atoms with Crippen LogP contribution < -0.4 is 4.90 Å². The molecule has 0 N–H and O–H groups in total. The van der Waals surface area contributed by atoms with Gasteiger partial charge in [-0.1, -0.05) is 49.4 Å². The first-order chi connectivity index (χ1) is 12.9. The van der Waals surface area contributed by atoms with Gasteiger partial charge in [-0.15, -0.1) is 0 Å². The highest BCUT2D eigenvalue weighted by atomic mass is 16.2. The van der Waals surface area contributed by atoms with Gasteiger partial charge in [0.2, 0.25) is 11.8 Å². The van der Waals surface area contributed by atoms with Crippen LogP contribution in [-0.4, -0.2) is 29.3 Å². The molecule has 0 unspecified atom stereocenters. The molecular weight excluding hydrogens is 336 g/mol. The second-order valence-corrected chi connectivity index (χ2v) is 7.04. The minimum Gasteiger partial charge on any atom is -0.336 e. The van der Waals surface area contributed by atoms with Crippen molar-refractivity contribution in [3.05, 3.63) is 65.7 Å². The molecule has 0 fully saturated rings. The van der Waals surface area contributed by atoms with E-state index in [1.807, 2.05) is 73.3 Å². The predicted molar refractivity (Wildman–Crippen MR) is 111 cm³/mol. The second-order valence-electron chi connectivity index (χ2n) is 7.04. The van der Waals surface area contributed by atoms with Gasteiger partial charge in [0.05, 0.1) is 0 Å². The Balaban J connectivity index is 2.05. The first-order valence-electron chi connectivity index (χ1n) is 9.62. The van der Waals surface area contributed by atoms with Gasteiger partial charge in [0, 0.05) is 38.2 Å². The lowest BCUT2D eigenvalue weighted by Crippen LogP contribution is -2.39. The molecule has 0 radical (unpaired) electrons. The fourth-order valence-electron chi connectivity index (χ4n) is 3.07. The molecule has 0 aromatic heterocycles. The van der Waals surface area contributed by atoms with Gasteiger partial charge in [0.1, 0.15) is 0 Å². The number of rotatable bonds is 8. The maximum absolute atomic E-state index is 12.8. The van der Waals surface area contributed by atoms with Gasteiger partial charge in [-0.05, 0) is 43.5 Å². The van der Waals surface area contributed by atoms with E-state index in [9.17, 15) is 9.59 Å². The van der Waals surface area contributed by atoms with Crippen LogP contribution in [0.4, 0.5) is 5.69 Å². The molecule has 4 heteroatoms. The summed E-state index contributed by atoms with van der Waals surface area (Å²) < 4.78 is 0. The molecule has 0 atom stereocenters. The molecule has 27 heavy (non-hydrogen) atoms. The lowest BCUT2D eigenvalue weighted by molar-refractivity contribution is -0.133. The third kappa shape index (κ3) is 5.95. The first kappa shape index (κ1) is 20.7. The predicted octanol–water partition coefficient (Wildman–Crippen LogP) is 4.43. The molecule has 2 aromatic rings. The summed E-state index contributed by atoms with van der Waals surface area (Å²) in [5.41, 5.74) is 3.18. The van der Waals surface area contributed by atoms with Crippen molar-refractivity contribution in [1.29, 1.82) is 0 Å². The Kier molecular flexibility index (Phi) is 7.59. The standard InChI is InChI=1S/C23H30N2O2/c1-5-20-11-13-22(14-12-20)24(19(4)26)16-15-23(27)25(18(2)3)17-21-9-7-6-8-10-21/h6-14,18H,5,15-17H2,1-4H3. The molecule has 0 saturated heterocycles. The third-order valence-electron chi connectivity index (χ3n) is 4.73. The van der Waals surface area contributed by atoms with E-state index in [1.165, 1.54) is 5.56 Å². The number of carbonyl (C=O) groups excluding carboxylic acids is 2. The van der Waals surface area contributed by atoms with Crippen molar-refractivity contribution in [3.63, 3.8) is 0 Å². The molecule has 2 rings (SSSR count). The normalized spacial score (nSPS) is 10.7. The van der Waals surface area contributed by atoms with Crippen molar-refractivity contribution >= 4 is 17.5 Å². The molecule has 4 nitrogen and oxygen atoms in total. The molecule has 0 aliphatic carbocycles. The number of nitrogens with zero attached hydrogens (tertiary/aromatic N) is 2. The summed E-state index contributed by atoms with van der Waals surface area (Å²) >= 11 is 0. The monoisotopic (exact) mass is 366 g/mol. The van der Waals surface area contributed by atoms with Crippen molar-refractivity contribution in [1.82, 2.24) is 4.90 Å². The molecule has 0 aliphatic rings. The molecule has 0 spiro atoms. The van der Waals surface area contributed by atoms with Crippen molar-refractivity contribution in [3.8, 4) is 0 Å². The summed E-state index contributed by atoms with van der Waals surface area (Å²) in [6.45, 7) is 8.66. The highest BCUT2D eigenvalue weighted by Crippen LogP contribution is 2.17. The van der Waals surface area contributed by atoms with E-state index in [2.05, 4.69) is 6.92 Å². The SMILES string of the molecule is CCc1ccc(N(CCC(=O)N(Cc2ccccc2)C(C)C)C(C)=O)cc1. The summed E-state index contributed by atoms with van der Waals surface area (Å²) in [6.07, 6.45) is 1.27. The van der Waals surface area contributed by atoms with E-state index >= 15 is 0 Å². The fraction of sp³-hybridized carbons (Fsp3) is 0.391. The topological polar surface area (TPSA) is 40.6 Å². The van der Waals surface area contributed by atoms with Gasteiger partial charge in [-0.2, -0.15) is 0 Å². The van der Waals surface area contributed by atoms with Gasteiger partial charge in [0.25, 0.3) is 0 Å². The average Bonchev–Trinajstić information content (AvgIpc) is 2.67. The number of hydrogen-bond donors (Lipinski definition) is 0. The third-order valence-corrected chi connectivity index (χ3v) is 4.73. The van der Waals surface area contributed by atoms with E-state index in [1.54, 1.807) is 11.8 Å². The summed E-state index contributed by atoms with van der Waals surface area (Å²) in [4.78, 5) is 28.5. The summed E-state index contributed by atoms with van der Waals surface area (Å²) in [7, 11) is 0. The van der Waals surface area contributed by atoms with E-state index < -0.39 is 0 Å². The Morgan fingerprint density at radius 2 is 1.56 bits per heavy atom. The van der Waals surface area contributed by atoms with E-state index in [0.717, 1.165) is 17.7 Å². The van der Waals surface area contributed by atoms with Crippen LogP contribution in [0.2, 0.25) is 0 Å². The number of anilines is 1. The van der Waals surface area contributed by atoms with Crippen LogP contribution in [0.3, 0.4) is 0 Å². The van der Waals surface area contributed by atoms with Crippen LogP contribution in [-0.2, 0) is 22.6 Å². The van der Waals surface area contributed by atoms with Crippen LogP contribution in [0.25, 0.3) is 0 Å². The Morgan fingerprint density at radius 3 is 2.07 bits per heavy atom. The van der Waals surface area contributed by atoms with Gasteiger partial charge < -0.3 is 9.80 Å². The Hall–Kier alpha value is -2.62. The molecule has 2 aromatic carbocycles. The lowest BCUT2D eigenvalue weighted by atomic mass is 10.1. The zero-order valence-corrected chi connectivity index (χ0v) is 16.8. The molecule has 2 amide bonds. The van der Waals surface area contributed by atoms with Gasteiger partial charge in [-0.25, -0.2) is 0 Å². The minimum atomic E-state index is -0.0498. The largest absolute Gasteiger partial charge is 0.336 e. The lowest BCUT2D eigenvalue weighted by Gasteiger charge is -2.28. The molecule has 0 bridgehead atoms. The van der Waals surface area contributed by atoms with Crippen LogP contribution in [0.1, 0.15) is 45.2 Å². The summed E-state index contributed by atoms with van der Waals surface area (Å²) in [6, 6.07) is 18.1. The summed E-state index contributed by atoms with van der Waals surface area (Å²) in [5, 5.41) is 0. The van der Waals surface area contributed by atoms with Crippen LogP contribution in [0.15, 0.2) is 54.6 Å². The van der Waals surface area contributed by atoms with E-state index in [0.29, 0.717) is 19.5 Å². The number of benzene rings is 2. The second kappa shape index (κ2) is 9.91. The van der Waals surface area contributed by atoms with Gasteiger partial charge >= 0.3 is 0 Å². The Morgan fingerprint density at radius 1 is 0.926 bits per heavy atom. The number of aryl methyl sites for hydroxylation is 1. The number of carbonyl (C=O) groups is 2. The molecule has 0 saturated carbocycles. The maximum Gasteiger partial charge on any atom is 0.224 e. The van der Waals surface area contributed by atoms with E-state index in [4.69, 9.17) is 0 Å². The van der Waals surface area contributed by atoms with Crippen molar-refractivity contribution in [2.75, 3.05) is 11.4 Å². The van der Waals surface area contributed by atoms with Gasteiger partial charge in [-0.3, -0.25) is 9.59 Å². The number of hydrogen-bond acceptors (Lipinski definition) is 2. The smallest absolute Gasteiger partial charge is 0.224 e. The molecule has 144 valence electrons. The van der Waals surface area contributed by atoms with Gasteiger partial charge in [0.15, 0.2) is 0 Å². The average molecular weight is 367 g/mol. The van der Waals surface area contributed by atoms with Crippen molar-refractivity contribution in [2.24, 2.45) is 0 Å². The molecule has 0 aliphatic heterocycles. The van der Waals surface area contributed by atoms with Crippen molar-refractivity contribution in [2.45, 2.75) is 53.1 Å². The zero-order chi connectivity index (χ0) is 19.8. The van der Waals surface area contributed by atoms with Crippen LogP contribution >= 0.6 is 0 Å². The van der Waals surface area contributed by atoms with Crippen molar-refractivity contribution < 1.29 is 9.59 Å². The Bertz CT molecular complexity index is 739. The highest BCUT2D eigenvalue weighted by Gasteiger charge is 2.20. The van der Waals surface area contributed by atoms with Crippen LogP contribution in [0.5, 0.6) is 0 Å². The quantitative estimate of drug-likeness (QED) is 0.693.